The molecule has 0 bridgehead atoms. The predicted molar refractivity (Wildman–Crippen MR) is 86.8 cm³/mol. The largest absolute Gasteiger partial charge is 0.329 e. The maximum atomic E-state index is 6.21. The summed E-state index contributed by atoms with van der Waals surface area (Å²) in [4.78, 5) is 2.53. The summed E-state index contributed by atoms with van der Waals surface area (Å²) >= 11 is 0. The first kappa shape index (κ1) is 15.5. The number of nitrogens with zero attached hydrogens (tertiary/aromatic N) is 1. The lowest BCUT2D eigenvalue weighted by Gasteiger charge is -2.43. The maximum absolute atomic E-state index is 6.21. The lowest BCUT2D eigenvalue weighted by molar-refractivity contribution is 0.0864. The third-order valence-electron chi connectivity index (χ3n) is 5.14. The minimum absolute atomic E-state index is 0.211. The first-order valence-electron chi connectivity index (χ1n) is 8.14. The molecule has 0 unspecified atom stereocenters. The van der Waals surface area contributed by atoms with E-state index in [0.29, 0.717) is 0 Å². The summed E-state index contributed by atoms with van der Waals surface area (Å²) < 4.78 is 0. The average Bonchev–Trinajstić information content (AvgIpc) is 2.42. The minimum Gasteiger partial charge on any atom is -0.329 e. The molecule has 112 valence electrons. The zero-order valence-corrected chi connectivity index (χ0v) is 13.2. The molecule has 1 saturated carbocycles. The van der Waals surface area contributed by atoms with Crippen LogP contribution in [0.4, 0.5) is 0 Å². The highest BCUT2D eigenvalue weighted by Gasteiger charge is 2.33. The second-order valence-corrected chi connectivity index (χ2v) is 6.48. The van der Waals surface area contributed by atoms with Crippen LogP contribution in [0.3, 0.4) is 0 Å². The lowest BCUT2D eigenvalue weighted by atomic mass is 9.82. The van der Waals surface area contributed by atoms with Crippen LogP contribution in [0.15, 0.2) is 24.3 Å². The van der Waals surface area contributed by atoms with Gasteiger partial charge in [-0.25, -0.2) is 0 Å². The van der Waals surface area contributed by atoms with E-state index >= 15 is 0 Å². The quantitative estimate of drug-likeness (QED) is 0.903. The SMILES string of the molecule is Cc1ccccc1CN(C)C1(CN)CCCCCCC1. The molecule has 0 spiro atoms. The van der Waals surface area contributed by atoms with Gasteiger partial charge in [-0.15, -0.1) is 0 Å². The Morgan fingerprint density at radius 1 is 1.05 bits per heavy atom. The van der Waals surface area contributed by atoms with Gasteiger partial charge >= 0.3 is 0 Å². The second-order valence-electron chi connectivity index (χ2n) is 6.48. The van der Waals surface area contributed by atoms with E-state index in [4.69, 9.17) is 5.73 Å². The molecule has 1 aliphatic carbocycles. The number of benzene rings is 1. The van der Waals surface area contributed by atoms with Gasteiger partial charge in [0, 0.05) is 18.6 Å². The van der Waals surface area contributed by atoms with Gasteiger partial charge in [-0.3, -0.25) is 4.90 Å². The Morgan fingerprint density at radius 3 is 2.25 bits per heavy atom. The molecule has 2 rings (SSSR count). The Morgan fingerprint density at radius 2 is 1.65 bits per heavy atom. The van der Waals surface area contributed by atoms with Crippen LogP contribution in [-0.2, 0) is 6.54 Å². The van der Waals surface area contributed by atoms with Crippen molar-refractivity contribution in [3.05, 3.63) is 35.4 Å². The molecule has 0 heterocycles. The van der Waals surface area contributed by atoms with E-state index in [-0.39, 0.29) is 5.54 Å². The van der Waals surface area contributed by atoms with E-state index in [1.807, 2.05) is 0 Å². The van der Waals surface area contributed by atoms with Gasteiger partial charge in [0.2, 0.25) is 0 Å². The van der Waals surface area contributed by atoms with Crippen molar-refractivity contribution in [2.75, 3.05) is 13.6 Å². The molecule has 0 amide bonds. The minimum atomic E-state index is 0.211. The first-order valence-corrected chi connectivity index (χ1v) is 8.14. The first-order chi connectivity index (χ1) is 9.68. The molecule has 20 heavy (non-hydrogen) atoms. The summed E-state index contributed by atoms with van der Waals surface area (Å²) in [5.41, 5.74) is 9.24. The summed E-state index contributed by atoms with van der Waals surface area (Å²) in [6.07, 6.45) is 9.32. The Balaban J connectivity index is 2.10. The standard InChI is InChI=1S/C18H30N2/c1-16-10-6-7-11-17(16)14-20(2)18(15-19)12-8-4-3-5-9-13-18/h6-7,10-11H,3-5,8-9,12-15,19H2,1-2H3. The normalized spacial score (nSPS) is 19.6. The zero-order valence-electron chi connectivity index (χ0n) is 13.2. The van der Waals surface area contributed by atoms with Crippen LogP contribution in [0.5, 0.6) is 0 Å². The van der Waals surface area contributed by atoms with Crippen molar-refractivity contribution < 1.29 is 0 Å². The molecule has 0 aromatic heterocycles. The third kappa shape index (κ3) is 3.62. The smallest absolute Gasteiger partial charge is 0.0332 e. The number of hydrogen-bond acceptors (Lipinski definition) is 2. The van der Waals surface area contributed by atoms with Crippen molar-refractivity contribution in [2.24, 2.45) is 5.73 Å². The van der Waals surface area contributed by atoms with E-state index in [9.17, 15) is 0 Å². The van der Waals surface area contributed by atoms with E-state index in [0.717, 1.165) is 13.1 Å². The molecule has 1 aromatic carbocycles. The highest BCUT2D eigenvalue weighted by atomic mass is 15.2. The fourth-order valence-corrected chi connectivity index (χ4v) is 3.52. The highest BCUT2D eigenvalue weighted by Crippen LogP contribution is 2.31. The van der Waals surface area contributed by atoms with E-state index in [1.165, 1.54) is 56.1 Å². The Bertz CT molecular complexity index is 406. The summed E-state index contributed by atoms with van der Waals surface area (Å²) in [7, 11) is 2.26. The van der Waals surface area contributed by atoms with Gasteiger partial charge < -0.3 is 5.73 Å². The number of nitrogens with two attached hydrogens (primary N) is 1. The molecular formula is C18H30N2. The summed E-state index contributed by atoms with van der Waals surface area (Å²) in [5, 5.41) is 0. The Labute approximate surface area is 124 Å². The van der Waals surface area contributed by atoms with Crippen LogP contribution in [-0.4, -0.2) is 24.0 Å². The van der Waals surface area contributed by atoms with Crippen LogP contribution >= 0.6 is 0 Å². The van der Waals surface area contributed by atoms with Crippen LogP contribution < -0.4 is 5.73 Å². The molecule has 2 nitrogen and oxygen atoms in total. The Hall–Kier alpha value is -0.860. The number of hydrogen-bond donors (Lipinski definition) is 1. The van der Waals surface area contributed by atoms with E-state index < -0.39 is 0 Å². The van der Waals surface area contributed by atoms with Crippen molar-refractivity contribution in [3.63, 3.8) is 0 Å². The highest BCUT2D eigenvalue weighted by molar-refractivity contribution is 5.25. The van der Waals surface area contributed by atoms with Crippen LogP contribution in [0, 0.1) is 6.92 Å². The number of aryl methyl sites for hydroxylation is 1. The van der Waals surface area contributed by atoms with Gasteiger partial charge in [-0.05, 0) is 37.9 Å². The summed E-state index contributed by atoms with van der Waals surface area (Å²) in [5.74, 6) is 0. The van der Waals surface area contributed by atoms with Gasteiger partial charge in [-0.2, -0.15) is 0 Å². The molecule has 0 atom stereocenters. The maximum Gasteiger partial charge on any atom is 0.0332 e. The number of rotatable bonds is 4. The average molecular weight is 274 g/mol. The van der Waals surface area contributed by atoms with Crippen LogP contribution in [0.1, 0.15) is 56.1 Å². The molecule has 0 radical (unpaired) electrons. The van der Waals surface area contributed by atoms with Crippen molar-refractivity contribution in [1.82, 2.24) is 4.90 Å². The molecule has 0 saturated heterocycles. The van der Waals surface area contributed by atoms with Gasteiger partial charge in [0.1, 0.15) is 0 Å². The van der Waals surface area contributed by atoms with Crippen LogP contribution in [0.25, 0.3) is 0 Å². The predicted octanol–water partition coefficient (Wildman–Crippen LogP) is 3.87. The molecule has 0 aliphatic heterocycles. The fourth-order valence-electron chi connectivity index (χ4n) is 3.52. The summed E-state index contributed by atoms with van der Waals surface area (Å²) in [6.45, 7) is 4.01. The van der Waals surface area contributed by atoms with Crippen molar-refractivity contribution in [3.8, 4) is 0 Å². The molecule has 1 aliphatic rings. The molecular weight excluding hydrogens is 244 g/mol. The van der Waals surface area contributed by atoms with Gasteiger partial charge in [0.15, 0.2) is 0 Å². The summed E-state index contributed by atoms with van der Waals surface area (Å²) in [6, 6.07) is 8.71. The van der Waals surface area contributed by atoms with Gasteiger partial charge in [0.25, 0.3) is 0 Å². The van der Waals surface area contributed by atoms with Crippen LogP contribution in [0.2, 0.25) is 0 Å². The monoisotopic (exact) mass is 274 g/mol. The zero-order chi connectivity index (χ0) is 14.4. The van der Waals surface area contributed by atoms with Gasteiger partial charge in [-0.1, -0.05) is 56.4 Å². The third-order valence-corrected chi connectivity index (χ3v) is 5.14. The Kier molecular flexibility index (Phi) is 5.62. The topological polar surface area (TPSA) is 29.3 Å². The lowest BCUT2D eigenvalue weighted by Crippen LogP contribution is -2.52. The van der Waals surface area contributed by atoms with Gasteiger partial charge in [0.05, 0.1) is 0 Å². The molecule has 2 heteroatoms. The molecule has 2 N–H and O–H groups in total. The number of likely N-dealkylation sites (N-methyl/N-ethyl adjacent to an activating group) is 1. The van der Waals surface area contributed by atoms with Crippen molar-refractivity contribution in [1.29, 1.82) is 0 Å². The van der Waals surface area contributed by atoms with Crippen molar-refractivity contribution >= 4 is 0 Å². The van der Waals surface area contributed by atoms with Crippen molar-refractivity contribution in [2.45, 2.75) is 64.0 Å². The van der Waals surface area contributed by atoms with E-state index in [2.05, 4.69) is 43.1 Å². The fraction of sp³-hybridized carbons (Fsp3) is 0.667. The molecule has 1 aromatic rings. The van der Waals surface area contributed by atoms with E-state index in [1.54, 1.807) is 0 Å². The second kappa shape index (κ2) is 7.24. The molecule has 1 fully saturated rings.